The zero-order valence-corrected chi connectivity index (χ0v) is 40.9. The SMILES string of the molecule is C[C@@]1(Cc2ccc(Br)cc2)C(=O)N(c2cc(Cl)cc(Cl)c2)c2ncc(S(C)(=O)=O)n21.C[C@@]1(Cc2ccc(C#N)cc2)C(=O)N(c2cc(Cl)cc(Cl)c2)c2ncc(S(C)(=O)=O)n21.[C-]#N.[Cu+]. The predicted molar refractivity (Wildman–Crippen MR) is 243 cm³/mol. The molecule has 0 unspecified atom stereocenters. The van der Waals surface area contributed by atoms with Crippen molar-refractivity contribution in [2.75, 3.05) is 22.3 Å². The Hall–Kier alpha value is -4.72. The van der Waals surface area contributed by atoms with Gasteiger partial charge in [-0.05, 0) is 85.6 Å². The second kappa shape index (κ2) is 19.0. The number of amides is 2. The van der Waals surface area contributed by atoms with Crippen LogP contribution in [0.2, 0.25) is 20.1 Å². The van der Waals surface area contributed by atoms with Crippen LogP contribution in [0.1, 0.15) is 30.5 Å². The molecule has 8 rings (SSSR count). The summed E-state index contributed by atoms with van der Waals surface area (Å²) in [6.07, 6.45) is 5.15. The number of carbonyl (C=O) groups is 2. The van der Waals surface area contributed by atoms with Crippen LogP contribution in [0.5, 0.6) is 0 Å². The van der Waals surface area contributed by atoms with E-state index in [1.807, 2.05) is 24.3 Å². The van der Waals surface area contributed by atoms with Crippen LogP contribution in [0.4, 0.5) is 23.3 Å². The number of imidazole rings is 2. The van der Waals surface area contributed by atoms with E-state index in [4.69, 9.17) is 63.5 Å². The van der Waals surface area contributed by atoms with Crippen LogP contribution in [0.3, 0.4) is 0 Å². The molecule has 2 aliphatic rings. The molecule has 4 aromatic carbocycles. The second-order valence-electron chi connectivity index (χ2n) is 14.9. The van der Waals surface area contributed by atoms with Crippen LogP contribution < -0.4 is 9.80 Å². The minimum Gasteiger partial charge on any atom is -0.512 e. The molecule has 6 aromatic rings. The van der Waals surface area contributed by atoms with E-state index in [2.05, 4.69) is 32.0 Å². The van der Waals surface area contributed by atoms with Crippen molar-refractivity contribution >= 4 is 117 Å². The third kappa shape index (κ3) is 9.63. The minimum atomic E-state index is -3.68. The summed E-state index contributed by atoms with van der Waals surface area (Å²) in [6.45, 7) is 8.13. The number of fused-ring (bicyclic) bond motifs is 2. The van der Waals surface area contributed by atoms with E-state index >= 15 is 0 Å². The number of aromatic nitrogens is 4. The molecule has 64 heavy (non-hydrogen) atoms. The molecule has 2 aromatic heterocycles. The van der Waals surface area contributed by atoms with Gasteiger partial charge in [-0.3, -0.25) is 18.7 Å². The van der Waals surface area contributed by atoms with Crippen molar-refractivity contribution in [3.63, 3.8) is 0 Å². The summed E-state index contributed by atoms with van der Waals surface area (Å²) in [4.78, 5) is 38.6. The van der Waals surface area contributed by atoms with Gasteiger partial charge in [0.05, 0.1) is 35.4 Å². The maximum absolute atomic E-state index is 13.7. The first-order chi connectivity index (χ1) is 29.5. The molecule has 0 saturated heterocycles. The normalized spacial score (nSPS) is 17.6. The molecule has 0 fully saturated rings. The van der Waals surface area contributed by atoms with Crippen molar-refractivity contribution < 1.29 is 43.5 Å². The largest absolute Gasteiger partial charge is 1.00 e. The fourth-order valence-corrected chi connectivity index (χ4v) is 10.5. The third-order valence-electron chi connectivity index (χ3n) is 10.2. The van der Waals surface area contributed by atoms with Gasteiger partial charge < -0.3 is 11.8 Å². The van der Waals surface area contributed by atoms with Gasteiger partial charge in [0.1, 0.15) is 11.1 Å². The Morgan fingerprint density at radius 3 is 1.28 bits per heavy atom. The molecule has 4 heterocycles. The number of hydrogen-bond donors (Lipinski definition) is 0. The fraction of sp³-hybridized carbons (Fsp3) is 0.190. The summed E-state index contributed by atoms with van der Waals surface area (Å²) in [5.41, 5.74) is 0.433. The van der Waals surface area contributed by atoms with E-state index in [0.29, 0.717) is 37.0 Å². The number of nitrogens with zero attached hydrogens (tertiary/aromatic N) is 8. The zero-order chi connectivity index (χ0) is 46.4. The van der Waals surface area contributed by atoms with Gasteiger partial charge >= 0.3 is 17.1 Å². The van der Waals surface area contributed by atoms with E-state index in [9.17, 15) is 26.4 Å². The topological polar surface area (TPSA) is 192 Å². The van der Waals surface area contributed by atoms with Gasteiger partial charge in [-0.1, -0.05) is 86.6 Å². The Balaban J connectivity index is 0.000000229. The molecular formula is C42H32BrCl4CuN8O6S2. The number of sulfone groups is 2. The molecule has 0 N–H and O–H groups in total. The van der Waals surface area contributed by atoms with Crippen molar-refractivity contribution in [1.29, 1.82) is 10.5 Å². The standard InChI is InChI=1S/C21H16Cl2N4O3S.C20H16BrCl2N3O3S.CN.Cu/c1-21(10-13-3-5-14(11-24)6-4-13)19(28)26(17-8-15(22)7-16(23)9-17)20-25-12-18(27(20)21)31(2,29)30;1-20(10-12-3-5-13(21)6-4-12)18(27)25(16-8-14(22)7-15(23)9-16)19-24-11-17(26(19)20)30(2,28)29;1-2;/h3-9,12H,10H2,1-2H3;3-9,11H,10H2,1-2H3;;/q;;-1;+1/t21-;20-;;/m11../s1. The first-order valence-corrected chi connectivity index (χ1v) is 24.3. The smallest absolute Gasteiger partial charge is 0.512 e. The van der Waals surface area contributed by atoms with E-state index in [-0.39, 0.29) is 63.7 Å². The van der Waals surface area contributed by atoms with Crippen LogP contribution in [0.15, 0.2) is 112 Å². The first-order valence-electron chi connectivity index (χ1n) is 18.2. The van der Waals surface area contributed by atoms with Crippen molar-refractivity contribution in [3.8, 4) is 6.07 Å². The van der Waals surface area contributed by atoms with Crippen LogP contribution in [0, 0.1) is 23.2 Å². The summed E-state index contributed by atoms with van der Waals surface area (Å²) in [7, 11) is -7.32. The van der Waals surface area contributed by atoms with Gasteiger partial charge in [0.2, 0.25) is 11.9 Å². The number of carbonyl (C=O) groups excluding carboxylic acids is 2. The van der Waals surface area contributed by atoms with Crippen molar-refractivity contribution in [3.05, 3.63) is 145 Å². The average molecular weight is 1090 g/mol. The van der Waals surface area contributed by atoms with Crippen LogP contribution in [0.25, 0.3) is 0 Å². The molecule has 334 valence electrons. The number of rotatable bonds is 8. The van der Waals surface area contributed by atoms with E-state index in [0.717, 1.165) is 28.1 Å². The van der Waals surface area contributed by atoms with Gasteiger partial charge in [0.25, 0.3) is 11.8 Å². The Labute approximate surface area is 408 Å². The molecule has 0 bridgehead atoms. The summed E-state index contributed by atoms with van der Waals surface area (Å²) >= 11 is 28.0. The quantitative estimate of drug-likeness (QED) is 0.105. The summed E-state index contributed by atoms with van der Waals surface area (Å²) in [5.74, 6) is -0.321. The van der Waals surface area contributed by atoms with E-state index < -0.39 is 30.8 Å². The molecule has 22 heteroatoms. The van der Waals surface area contributed by atoms with Crippen LogP contribution >= 0.6 is 62.3 Å². The first kappa shape index (κ1) is 50.3. The van der Waals surface area contributed by atoms with Crippen molar-refractivity contribution in [2.24, 2.45) is 0 Å². The number of nitriles is 1. The van der Waals surface area contributed by atoms with Gasteiger partial charge in [0.15, 0.2) is 29.7 Å². The average Bonchev–Trinajstić information content (AvgIpc) is 3.95. The molecule has 2 amide bonds. The van der Waals surface area contributed by atoms with Crippen LogP contribution in [-0.2, 0) is 70.3 Å². The number of halogens is 5. The van der Waals surface area contributed by atoms with E-state index in [1.165, 1.54) is 37.4 Å². The molecule has 2 aliphatic heterocycles. The zero-order valence-electron chi connectivity index (χ0n) is 33.7. The number of hydrogen-bond acceptors (Lipinski definition) is 10. The number of anilines is 4. The minimum absolute atomic E-state index is 0. The Bertz CT molecular complexity index is 3070. The molecule has 0 saturated carbocycles. The maximum atomic E-state index is 13.7. The van der Waals surface area contributed by atoms with Crippen LogP contribution in [-0.4, -0.2) is 60.3 Å². The third-order valence-corrected chi connectivity index (χ3v) is 13.7. The number of benzene rings is 4. The van der Waals surface area contributed by atoms with E-state index in [1.54, 1.807) is 68.4 Å². The molecule has 0 radical (unpaired) electrons. The molecular weight excluding hydrogens is 1060 g/mol. The second-order valence-corrected chi connectivity index (χ2v) is 21.5. The molecule has 2 atom stereocenters. The summed E-state index contributed by atoms with van der Waals surface area (Å²) < 4.78 is 53.7. The Morgan fingerprint density at radius 1 is 0.641 bits per heavy atom. The Kier molecular flexibility index (Phi) is 14.9. The van der Waals surface area contributed by atoms with Gasteiger partial charge in [-0.25, -0.2) is 36.6 Å². The fourth-order valence-electron chi connectivity index (χ4n) is 7.48. The van der Waals surface area contributed by atoms with Gasteiger partial charge in [-0.15, -0.1) is 0 Å². The summed E-state index contributed by atoms with van der Waals surface area (Å²) in [6, 6.07) is 25.8. The Morgan fingerprint density at radius 2 is 0.969 bits per heavy atom. The summed E-state index contributed by atoms with van der Waals surface area (Å²) in [5, 5.41) is 16.6. The van der Waals surface area contributed by atoms with Gasteiger partial charge in [0, 0.05) is 49.9 Å². The molecule has 0 spiro atoms. The van der Waals surface area contributed by atoms with Gasteiger partial charge in [-0.2, -0.15) is 5.26 Å². The van der Waals surface area contributed by atoms with Crippen molar-refractivity contribution in [2.45, 2.75) is 47.8 Å². The molecule has 14 nitrogen and oxygen atoms in total. The maximum Gasteiger partial charge on any atom is 1.00 e. The monoisotopic (exact) mass is 1090 g/mol. The predicted octanol–water partition coefficient (Wildman–Crippen LogP) is 9.19. The van der Waals surface area contributed by atoms with Crippen molar-refractivity contribution in [1.82, 2.24) is 19.1 Å². The molecule has 0 aliphatic carbocycles.